The fourth-order valence-corrected chi connectivity index (χ4v) is 2.89. The summed E-state index contributed by atoms with van der Waals surface area (Å²) in [5.41, 5.74) is 1.46. The van der Waals surface area contributed by atoms with Gasteiger partial charge in [0.2, 0.25) is 11.8 Å². The van der Waals surface area contributed by atoms with E-state index in [1.54, 1.807) is 25.4 Å². The number of aromatic nitrogens is 3. The molecule has 2 aromatic heterocycles. The van der Waals surface area contributed by atoms with Crippen molar-refractivity contribution >= 4 is 5.69 Å². The van der Waals surface area contributed by atoms with E-state index in [9.17, 15) is 0 Å². The fraction of sp³-hybridized carbons (Fsp3) is 0.467. The van der Waals surface area contributed by atoms with Crippen LogP contribution in [0, 0.1) is 24.2 Å². The van der Waals surface area contributed by atoms with Gasteiger partial charge in [0.25, 0.3) is 0 Å². The number of nitriles is 1. The van der Waals surface area contributed by atoms with Crippen LogP contribution < -0.4 is 5.32 Å². The molecule has 1 aliphatic carbocycles. The molecule has 108 valence electrons. The zero-order chi connectivity index (χ0) is 14.7. The Morgan fingerprint density at radius 2 is 2.33 bits per heavy atom. The minimum atomic E-state index is 0.371. The molecule has 0 amide bonds. The second-order valence-corrected chi connectivity index (χ2v) is 5.47. The molecule has 3 rings (SSSR count). The Morgan fingerprint density at radius 1 is 1.43 bits per heavy atom. The molecule has 0 aromatic carbocycles. The van der Waals surface area contributed by atoms with Crippen molar-refractivity contribution in [2.45, 2.75) is 38.6 Å². The summed E-state index contributed by atoms with van der Waals surface area (Å²) in [6, 6.07) is 4.29. The molecule has 2 heterocycles. The first-order valence-corrected chi connectivity index (χ1v) is 7.14. The molecule has 21 heavy (non-hydrogen) atoms. The average molecular weight is 283 g/mol. The lowest BCUT2D eigenvalue weighted by Crippen LogP contribution is -2.17. The van der Waals surface area contributed by atoms with Crippen LogP contribution in [0.15, 0.2) is 22.9 Å². The van der Waals surface area contributed by atoms with Gasteiger partial charge in [-0.25, -0.2) is 0 Å². The SMILES string of the molecule is Cc1nnc(C[C@@H]2CC[C@H](Nc3cnccc3C#N)C2)o1. The number of pyridine rings is 1. The van der Waals surface area contributed by atoms with Crippen LogP contribution >= 0.6 is 0 Å². The van der Waals surface area contributed by atoms with Crippen molar-refractivity contribution < 1.29 is 4.42 Å². The van der Waals surface area contributed by atoms with Crippen molar-refractivity contribution in [2.24, 2.45) is 5.92 Å². The van der Waals surface area contributed by atoms with E-state index in [4.69, 9.17) is 9.68 Å². The first-order valence-electron chi connectivity index (χ1n) is 7.14. The van der Waals surface area contributed by atoms with Gasteiger partial charge >= 0.3 is 0 Å². The number of nitrogens with zero attached hydrogens (tertiary/aromatic N) is 4. The molecular weight excluding hydrogens is 266 g/mol. The maximum Gasteiger partial charge on any atom is 0.216 e. The average Bonchev–Trinajstić information content (AvgIpc) is 3.09. The van der Waals surface area contributed by atoms with Crippen molar-refractivity contribution in [3.05, 3.63) is 35.8 Å². The maximum atomic E-state index is 9.10. The molecule has 1 N–H and O–H groups in total. The number of hydrogen-bond donors (Lipinski definition) is 1. The van der Waals surface area contributed by atoms with Crippen molar-refractivity contribution in [2.75, 3.05) is 5.32 Å². The Balaban J connectivity index is 1.58. The Labute approximate surface area is 123 Å². The third-order valence-corrected chi connectivity index (χ3v) is 3.87. The van der Waals surface area contributed by atoms with Gasteiger partial charge < -0.3 is 9.73 Å². The lowest BCUT2D eigenvalue weighted by molar-refractivity contribution is 0.416. The highest BCUT2D eigenvalue weighted by molar-refractivity contribution is 5.55. The van der Waals surface area contributed by atoms with E-state index in [0.717, 1.165) is 37.3 Å². The van der Waals surface area contributed by atoms with Crippen LogP contribution in [0.3, 0.4) is 0 Å². The molecule has 1 fully saturated rings. The zero-order valence-electron chi connectivity index (χ0n) is 11.9. The summed E-state index contributed by atoms with van der Waals surface area (Å²) in [4.78, 5) is 4.08. The third kappa shape index (κ3) is 3.19. The van der Waals surface area contributed by atoms with Gasteiger partial charge in [0.1, 0.15) is 6.07 Å². The summed E-state index contributed by atoms with van der Waals surface area (Å²) in [6.07, 6.45) is 7.43. The molecule has 2 aromatic rings. The van der Waals surface area contributed by atoms with Crippen molar-refractivity contribution in [1.82, 2.24) is 15.2 Å². The Bertz CT molecular complexity index is 660. The summed E-state index contributed by atoms with van der Waals surface area (Å²) in [5, 5.41) is 20.4. The number of rotatable bonds is 4. The van der Waals surface area contributed by atoms with E-state index < -0.39 is 0 Å². The van der Waals surface area contributed by atoms with E-state index in [-0.39, 0.29) is 0 Å². The van der Waals surface area contributed by atoms with Crippen molar-refractivity contribution in [3.8, 4) is 6.07 Å². The van der Waals surface area contributed by atoms with Crippen LogP contribution in [0.2, 0.25) is 0 Å². The molecule has 0 aliphatic heterocycles. The van der Waals surface area contributed by atoms with Crippen LogP contribution in [-0.2, 0) is 6.42 Å². The fourth-order valence-electron chi connectivity index (χ4n) is 2.89. The lowest BCUT2D eigenvalue weighted by Gasteiger charge is -2.14. The minimum Gasteiger partial charge on any atom is -0.426 e. The molecule has 0 unspecified atom stereocenters. The first-order chi connectivity index (χ1) is 10.2. The van der Waals surface area contributed by atoms with E-state index in [1.165, 1.54) is 0 Å². The summed E-state index contributed by atoms with van der Waals surface area (Å²) in [5.74, 6) is 1.88. The van der Waals surface area contributed by atoms with Gasteiger partial charge in [-0.05, 0) is 31.2 Å². The Morgan fingerprint density at radius 3 is 3.10 bits per heavy atom. The van der Waals surface area contributed by atoms with Gasteiger partial charge in [0.15, 0.2) is 0 Å². The molecule has 1 saturated carbocycles. The largest absolute Gasteiger partial charge is 0.426 e. The Kier molecular flexibility index (Phi) is 3.82. The maximum absolute atomic E-state index is 9.10. The lowest BCUT2D eigenvalue weighted by atomic mass is 10.0. The monoisotopic (exact) mass is 283 g/mol. The molecule has 1 aliphatic rings. The zero-order valence-corrected chi connectivity index (χ0v) is 11.9. The number of nitrogens with one attached hydrogen (secondary N) is 1. The standard InChI is InChI=1S/C15H17N5O/c1-10-19-20-15(21-10)7-11-2-3-13(6-11)18-14-9-17-5-4-12(14)8-16/h4-5,9,11,13,18H,2-3,6-7H2,1H3/t11-,13+/m1/s1. The van der Waals surface area contributed by atoms with E-state index in [2.05, 4.69) is 26.6 Å². The van der Waals surface area contributed by atoms with Crippen LogP contribution in [0.25, 0.3) is 0 Å². The Hall–Kier alpha value is -2.42. The summed E-state index contributed by atoms with van der Waals surface area (Å²) in [6.45, 7) is 1.81. The van der Waals surface area contributed by atoms with Crippen LogP contribution in [0.1, 0.15) is 36.6 Å². The van der Waals surface area contributed by atoms with Gasteiger partial charge in [-0.1, -0.05) is 0 Å². The van der Waals surface area contributed by atoms with E-state index in [0.29, 0.717) is 23.4 Å². The molecule has 6 nitrogen and oxygen atoms in total. The van der Waals surface area contributed by atoms with Gasteiger partial charge in [-0.15, -0.1) is 10.2 Å². The topological polar surface area (TPSA) is 87.6 Å². The van der Waals surface area contributed by atoms with E-state index in [1.807, 2.05) is 0 Å². The van der Waals surface area contributed by atoms with Gasteiger partial charge in [0, 0.05) is 25.6 Å². The number of hydrogen-bond acceptors (Lipinski definition) is 6. The third-order valence-electron chi connectivity index (χ3n) is 3.87. The molecule has 0 saturated heterocycles. The number of aryl methyl sites for hydroxylation is 1. The molecule has 2 atom stereocenters. The summed E-state index contributed by atoms with van der Waals surface area (Å²) in [7, 11) is 0. The van der Waals surface area contributed by atoms with Gasteiger partial charge in [-0.2, -0.15) is 5.26 Å². The highest BCUT2D eigenvalue weighted by Gasteiger charge is 2.26. The second-order valence-electron chi connectivity index (χ2n) is 5.47. The second kappa shape index (κ2) is 5.92. The first kappa shape index (κ1) is 13.6. The van der Waals surface area contributed by atoms with Crippen LogP contribution in [0.5, 0.6) is 0 Å². The molecule has 0 spiro atoms. The molecule has 6 heteroatoms. The quantitative estimate of drug-likeness (QED) is 0.927. The normalized spacial score (nSPS) is 21.1. The van der Waals surface area contributed by atoms with Crippen LogP contribution in [0.4, 0.5) is 5.69 Å². The number of anilines is 1. The summed E-state index contributed by atoms with van der Waals surface area (Å²) >= 11 is 0. The molecule has 0 radical (unpaired) electrons. The van der Waals surface area contributed by atoms with Crippen molar-refractivity contribution in [3.63, 3.8) is 0 Å². The molecular formula is C15H17N5O. The smallest absolute Gasteiger partial charge is 0.216 e. The highest BCUT2D eigenvalue weighted by atomic mass is 16.4. The van der Waals surface area contributed by atoms with Crippen LogP contribution in [-0.4, -0.2) is 21.2 Å². The minimum absolute atomic E-state index is 0.371. The van der Waals surface area contributed by atoms with Crippen molar-refractivity contribution in [1.29, 1.82) is 5.26 Å². The predicted octanol–water partition coefficient (Wildman–Crippen LogP) is 2.47. The highest BCUT2D eigenvalue weighted by Crippen LogP contribution is 2.31. The predicted molar refractivity (Wildman–Crippen MR) is 76.4 cm³/mol. The van der Waals surface area contributed by atoms with E-state index >= 15 is 0 Å². The molecule has 0 bridgehead atoms. The van der Waals surface area contributed by atoms with Gasteiger partial charge in [0.05, 0.1) is 17.4 Å². The summed E-state index contributed by atoms with van der Waals surface area (Å²) < 4.78 is 5.44. The van der Waals surface area contributed by atoms with Gasteiger partial charge in [-0.3, -0.25) is 4.98 Å².